The highest BCUT2D eigenvalue weighted by Gasteiger charge is 2.22. The zero-order chi connectivity index (χ0) is 14.4. The molecule has 0 bridgehead atoms. The predicted octanol–water partition coefficient (Wildman–Crippen LogP) is 0.626. The van der Waals surface area contributed by atoms with E-state index < -0.39 is 0 Å². The molecule has 5 heteroatoms. The number of carbonyl (C=O) groups excluding carboxylic acids is 1. The third-order valence-corrected chi connectivity index (χ3v) is 3.64. The standard InChI is InChI=1S/C15H22N2O3/c1-20-14-4-2-12(3-5-14)8-16-15(19)10-17-7-6-13(9-17)11-18/h2-5,13,18H,6-11H2,1H3,(H,16,19). The first-order valence-corrected chi connectivity index (χ1v) is 6.94. The number of aliphatic hydroxyl groups excluding tert-OH is 1. The number of nitrogens with one attached hydrogen (secondary N) is 1. The highest BCUT2D eigenvalue weighted by Crippen LogP contribution is 2.14. The lowest BCUT2D eigenvalue weighted by Gasteiger charge is -2.15. The minimum atomic E-state index is 0.0272. The van der Waals surface area contributed by atoms with Crippen LogP contribution < -0.4 is 10.1 Å². The second-order valence-corrected chi connectivity index (χ2v) is 5.20. The van der Waals surface area contributed by atoms with Gasteiger partial charge in [-0.1, -0.05) is 12.1 Å². The molecular weight excluding hydrogens is 256 g/mol. The van der Waals surface area contributed by atoms with Crippen LogP contribution >= 0.6 is 0 Å². The van der Waals surface area contributed by atoms with Gasteiger partial charge in [0.15, 0.2) is 0 Å². The average Bonchev–Trinajstić information content (AvgIpc) is 2.93. The first kappa shape index (κ1) is 14.8. The van der Waals surface area contributed by atoms with Crippen molar-refractivity contribution >= 4 is 5.91 Å². The Labute approximate surface area is 119 Å². The summed E-state index contributed by atoms with van der Waals surface area (Å²) in [6.45, 7) is 2.85. The van der Waals surface area contributed by atoms with Gasteiger partial charge in [-0.05, 0) is 36.6 Å². The number of hydrogen-bond donors (Lipinski definition) is 2. The number of nitrogens with zero attached hydrogens (tertiary/aromatic N) is 1. The predicted molar refractivity (Wildman–Crippen MR) is 76.5 cm³/mol. The highest BCUT2D eigenvalue weighted by atomic mass is 16.5. The summed E-state index contributed by atoms with van der Waals surface area (Å²) in [6, 6.07) is 7.65. The summed E-state index contributed by atoms with van der Waals surface area (Å²) < 4.78 is 5.09. The largest absolute Gasteiger partial charge is 0.497 e. The van der Waals surface area contributed by atoms with Gasteiger partial charge >= 0.3 is 0 Å². The van der Waals surface area contributed by atoms with Crippen molar-refractivity contribution in [3.63, 3.8) is 0 Å². The number of likely N-dealkylation sites (tertiary alicyclic amines) is 1. The third-order valence-electron chi connectivity index (χ3n) is 3.64. The lowest BCUT2D eigenvalue weighted by molar-refractivity contribution is -0.122. The maximum Gasteiger partial charge on any atom is 0.234 e. The van der Waals surface area contributed by atoms with Crippen LogP contribution in [0.1, 0.15) is 12.0 Å². The summed E-state index contributed by atoms with van der Waals surface area (Å²) in [5.41, 5.74) is 1.05. The normalized spacial score (nSPS) is 19.0. The molecule has 1 fully saturated rings. The van der Waals surface area contributed by atoms with Gasteiger partial charge in [0.2, 0.25) is 5.91 Å². The molecule has 0 saturated carbocycles. The quantitative estimate of drug-likeness (QED) is 0.801. The molecule has 1 aromatic carbocycles. The summed E-state index contributed by atoms with van der Waals surface area (Å²) in [5.74, 6) is 1.16. The van der Waals surface area contributed by atoms with Crippen LogP contribution in [-0.4, -0.2) is 49.3 Å². The fourth-order valence-corrected chi connectivity index (χ4v) is 2.41. The fraction of sp³-hybridized carbons (Fsp3) is 0.533. The number of amides is 1. The lowest BCUT2D eigenvalue weighted by atomic mass is 10.1. The summed E-state index contributed by atoms with van der Waals surface area (Å²) in [6.07, 6.45) is 0.974. The minimum Gasteiger partial charge on any atom is -0.497 e. The van der Waals surface area contributed by atoms with E-state index in [-0.39, 0.29) is 12.5 Å². The average molecular weight is 278 g/mol. The second kappa shape index (κ2) is 7.26. The Morgan fingerprint density at radius 3 is 2.80 bits per heavy atom. The molecule has 1 aliphatic rings. The van der Waals surface area contributed by atoms with Crippen LogP contribution in [0, 0.1) is 5.92 Å². The van der Waals surface area contributed by atoms with E-state index in [1.165, 1.54) is 0 Å². The summed E-state index contributed by atoms with van der Waals surface area (Å²) in [7, 11) is 1.63. The zero-order valence-corrected chi connectivity index (χ0v) is 11.8. The molecule has 20 heavy (non-hydrogen) atoms. The summed E-state index contributed by atoms with van der Waals surface area (Å²) >= 11 is 0. The van der Waals surface area contributed by atoms with Gasteiger partial charge in [-0.25, -0.2) is 0 Å². The van der Waals surface area contributed by atoms with Gasteiger partial charge in [0.25, 0.3) is 0 Å². The molecule has 1 atom stereocenters. The number of methoxy groups -OCH3 is 1. The van der Waals surface area contributed by atoms with E-state index in [0.717, 1.165) is 30.8 Å². The Morgan fingerprint density at radius 1 is 1.45 bits per heavy atom. The van der Waals surface area contributed by atoms with Crippen molar-refractivity contribution in [3.8, 4) is 5.75 Å². The van der Waals surface area contributed by atoms with E-state index in [4.69, 9.17) is 9.84 Å². The van der Waals surface area contributed by atoms with E-state index >= 15 is 0 Å². The van der Waals surface area contributed by atoms with Crippen molar-refractivity contribution in [1.82, 2.24) is 10.2 Å². The van der Waals surface area contributed by atoms with Gasteiger partial charge in [-0.2, -0.15) is 0 Å². The molecule has 5 nitrogen and oxygen atoms in total. The maximum absolute atomic E-state index is 11.9. The molecule has 1 saturated heterocycles. The number of benzene rings is 1. The Kier molecular flexibility index (Phi) is 5.38. The Morgan fingerprint density at radius 2 is 2.20 bits per heavy atom. The molecule has 1 aliphatic heterocycles. The van der Waals surface area contributed by atoms with Crippen molar-refractivity contribution in [2.75, 3.05) is 33.4 Å². The van der Waals surface area contributed by atoms with Crippen LogP contribution in [0.4, 0.5) is 0 Å². The molecule has 0 radical (unpaired) electrons. The maximum atomic E-state index is 11.9. The molecule has 1 heterocycles. The monoisotopic (exact) mass is 278 g/mol. The zero-order valence-electron chi connectivity index (χ0n) is 11.8. The minimum absolute atomic E-state index is 0.0272. The van der Waals surface area contributed by atoms with Crippen molar-refractivity contribution < 1.29 is 14.6 Å². The Bertz CT molecular complexity index is 433. The highest BCUT2D eigenvalue weighted by molar-refractivity contribution is 5.78. The van der Waals surface area contributed by atoms with E-state index in [0.29, 0.717) is 19.0 Å². The fourth-order valence-electron chi connectivity index (χ4n) is 2.41. The smallest absolute Gasteiger partial charge is 0.234 e. The van der Waals surface area contributed by atoms with Crippen LogP contribution in [0.15, 0.2) is 24.3 Å². The van der Waals surface area contributed by atoms with E-state index in [1.807, 2.05) is 24.3 Å². The molecule has 2 N–H and O–H groups in total. The van der Waals surface area contributed by atoms with Gasteiger partial charge in [0, 0.05) is 19.7 Å². The molecule has 0 aliphatic carbocycles. The molecule has 0 aromatic heterocycles. The van der Waals surface area contributed by atoms with Gasteiger partial charge < -0.3 is 15.2 Å². The molecule has 1 aromatic rings. The van der Waals surface area contributed by atoms with Gasteiger partial charge in [-0.15, -0.1) is 0 Å². The van der Waals surface area contributed by atoms with Gasteiger partial charge in [-0.3, -0.25) is 9.69 Å². The third kappa shape index (κ3) is 4.21. The topological polar surface area (TPSA) is 61.8 Å². The molecule has 0 spiro atoms. The van der Waals surface area contributed by atoms with Crippen LogP contribution in [0.5, 0.6) is 5.75 Å². The van der Waals surface area contributed by atoms with E-state index in [9.17, 15) is 4.79 Å². The molecule has 1 unspecified atom stereocenters. The van der Waals surface area contributed by atoms with Crippen LogP contribution in [-0.2, 0) is 11.3 Å². The number of rotatable bonds is 6. The second-order valence-electron chi connectivity index (χ2n) is 5.20. The van der Waals surface area contributed by atoms with Gasteiger partial charge in [0.1, 0.15) is 5.75 Å². The SMILES string of the molecule is COc1ccc(CNC(=O)CN2CCC(CO)C2)cc1. The summed E-state index contributed by atoms with van der Waals surface area (Å²) in [5, 5.41) is 12.0. The van der Waals surface area contributed by atoms with Crippen molar-refractivity contribution in [2.24, 2.45) is 5.92 Å². The van der Waals surface area contributed by atoms with Gasteiger partial charge in [0.05, 0.1) is 13.7 Å². The number of aliphatic hydroxyl groups is 1. The molecular formula is C15H22N2O3. The molecule has 1 amide bonds. The van der Waals surface area contributed by atoms with Crippen LogP contribution in [0.25, 0.3) is 0 Å². The number of hydrogen-bond acceptors (Lipinski definition) is 4. The lowest BCUT2D eigenvalue weighted by Crippen LogP contribution is -2.35. The number of carbonyl (C=O) groups is 1. The van der Waals surface area contributed by atoms with Crippen LogP contribution in [0.2, 0.25) is 0 Å². The van der Waals surface area contributed by atoms with Crippen LogP contribution in [0.3, 0.4) is 0 Å². The Hall–Kier alpha value is -1.59. The van der Waals surface area contributed by atoms with Crippen molar-refractivity contribution in [1.29, 1.82) is 0 Å². The van der Waals surface area contributed by atoms with E-state index in [1.54, 1.807) is 7.11 Å². The summed E-state index contributed by atoms with van der Waals surface area (Å²) in [4.78, 5) is 13.9. The Balaban J connectivity index is 1.72. The van der Waals surface area contributed by atoms with Crippen molar-refractivity contribution in [2.45, 2.75) is 13.0 Å². The molecule has 2 rings (SSSR count). The molecule has 110 valence electrons. The van der Waals surface area contributed by atoms with Crippen molar-refractivity contribution in [3.05, 3.63) is 29.8 Å². The van der Waals surface area contributed by atoms with E-state index in [2.05, 4.69) is 10.2 Å². The first-order valence-electron chi connectivity index (χ1n) is 6.94. The first-order chi connectivity index (χ1) is 9.71. The number of ether oxygens (including phenoxy) is 1.